The van der Waals surface area contributed by atoms with Gasteiger partial charge in [0.05, 0.1) is 23.7 Å². The monoisotopic (exact) mass is 384 g/mol. The van der Waals surface area contributed by atoms with Crippen molar-refractivity contribution in [3.05, 3.63) is 29.8 Å². The van der Waals surface area contributed by atoms with Crippen molar-refractivity contribution in [3.63, 3.8) is 0 Å². The quantitative estimate of drug-likeness (QED) is 0.741. The minimum absolute atomic E-state index is 0.0914. The molecule has 1 N–H and O–H groups in total. The summed E-state index contributed by atoms with van der Waals surface area (Å²) in [4.78, 5) is 2.43. The van der Waals surface area contributed by atoms with Crippen molar-refractivity contribution in [2.75, 3.05) is 39.3 Å². The van der Waals surface area contributed by atoms with Crippen molar-refractivity contribution >= 4 is 10.0 Å². The molecule has 1 heterocycles. The number of rotatable bonds is 8. The van der Waals surface area contributed by atoms with Crippen LogP contribution in [0.2, 0.25) is 0 Å². The van der Waals surface area contributed by atoms with Gasteiger partial charge >= 0.3 is 0 Å². The van der Waals surface area contributed by atoms with Crippen molar-refractivity contribution in [2.24, 2.45) is 0 Å². The summed E-state index contributed by atoms with van der Waals surface area (Å²) in [7, 11) is -3.46. The van der Waals surface area contributed by atoms with Gasteiger partial charge in [0.25, 0.3) is 0 Å². The standard InChI is InChI=1S/C19H32N2O4S/c1-15(2)17-5-7-19(8-6-17)26(23,24)21-11-9-20(10-12-21)13-18(22)14-25-16(3)4/h5-8,15-16,18,22H,9-14H2,1-4H3. The molecule has 26 heavy (non-hydrogen) atoms. The Bertz CT molecular complexity index is 651. The molecular weight excluding hydrogens is 352 g/mol. The van der Waals surface area contributed by atoms with Crippen LogP contribution in [0.5, 0.6) is 0 Å². The van der Waals surface area contributed by atoms with Gasteiger partial charge in [-0.25, -0.2) is 8.42 Å². The van der Waals surface area contributed by atoms with Crippen molar-refractivity contribution in [1.29, 1.82) is 0 Å². The third-order valence-corrected chi connectivity index (χ3v) is 6.52. The van der Waals surface area contributed by atoms with Gasteiger partial charge in [-0.1, -0.05) is 26.0 Å². The minimum atomic E-state index is -3.46. The van der Waals surface area contributed by atoms with Crippen LogP contribution in [-0.4, -0.2) is 74.3 Å². The number of hydrogen-bond donors (Lipinski definition) is 1. The van der Waals surface area contributed by atoms with Crippen LogP contribution in [-0.2, 0) is 14.8 Å². The van der Waals surface area contributed by atoms with E-state index in [0.29, 0.717) is 50.1 Å². The normalized spacial score (nSPS) is 18.6. The Labute approximate surface area is 157 Å². The van der Waals surface area contributed by atoms with Crippen LogP contribution >= 0.6 is 0 Å². The highest BCUT2D eigenvalue weighted by molar-refractivity contribution is 7.89. The third-order valence-electron chi connectivity index (χ3n) is 4.61. The van der Waals surface area contributed by atoms with Crippen LogP contribution < -0.4 is 0 Å². The number of hydrogen-bond acceptors (Lipinski definition) is 5. The number of aliphatic hydroxyl groups is 1. The summed E-state index contributed by atoms with van der Waals surface area (Å²) in [6, 6.07) is 7.17. The summed E-state index contributed by atoms with van der Waals surface area (Å²) in [5, 5.41) is 10.0. The van der Waals surface area contributed by atoms with Crippen LogP contribution in [0.3, 0.4) is 0 Å². The SMILES string of the molecule is CC(C)OCC(O)CN1CCN(S(=O)(=O)c2ccc(C(C)C)cc2)CC1. The predicted octanol–water partition coefficient (Wildman–Crippen LogP) is 1.90. The predicted molar refractivity (Wildman–Crippen MR) is 103 cm³/mol. The molecule has 1 unspecified atom stereocenters. The molecule has 6 nitrogen and oxygen atoms in total. The number of ether oxygens (including phenoxy) is 1. The molecule has 1 aliphatic heterocycles. The van der Waals surface area contributed by atoms with Gasteiger partial charge in [-0.15, -0.1) is 0 Å². The number of piperazine rings is 1. The van der Waals surface area contributed by atoms with E-state index in [4.69, 9.17) is 4.74 Å². The van der Waals surface area contributed by atoms with Crippen molar-refractivity contribution < 1.29 is 18.3 Å². The van der Waals surface area contributed by atoms with Crippen LogP contribution in [0.15, 0.2) is 29.2 Å². The number of sulfonamides is 1. The van der Waals surface area contributed by atoms with Gasteiger partial charge in [0, 0.05) is 32.7 Å². The molecule has 0 bridgehead atoms. The van der Waals surface area contributed by atoms with Crippen molar-refractivity contribution in [1.82, 2.24) is 9.21 Å². The van der Waals surface area contributed by atoms with Crippen LogP contribution in [0.25, 0.3) is 0 Å². The molecule has 0 amide bonds. The number of benzene rings is 1. The van der Waals surface area contributed by atoms with E-state index in [1.807, 2.05) is 26.0 Å². The Morgan fingerprint density at radius 1 is 1.04 bits per heavy atom. The van der Waals surface area contributed by atoms with E-state index in [1.165, 1.54) is 4.31 Å². The lowest BCUT2D eigenvalue weighted by Gasteiger charge is -2.35. The fraction of sp³-hybridized carbons (Fsp3) is 0.684. The van der Waals surface area contributed by atoms with Gasteiger partial charge in [0.1, 0.15) is 0 Å². The van der Waals surface area contributed by atoms with Gasteiger partial charge in [0.2, 0.25) is 10.0 Å². The van der Waals surface area contributed by atoms with E-state index in [-0.39, 0.29) is 6.10 Å². The van der Waals surface area contributed by atoms with E-state index in [2.05, 4.69) is 18.7 Å². The average Bonchev–Trinajstić information content (AvgIpc) is 2.60. The first-order chi connectivity index (χ1) is 12.2. The van der Waals surface area contributed by atoms with Crippen LogP contribution in [0, 0.1) is 0 Å². The first-order valence-corrected chi connectivity index (χ1v) is 10.8. The van der Waals surface area contributed by atoms with Gasteiger partial charge < -0.3 is 9.84 Å². The second-order valence-corrected chi connectivity index (χ2v) is 9.40. The minimum Gasteiger partial charge on any atom is -0.389 e. The lowest BCUT2D eigenvalue weighted by molar-refractivity contribution is -0.0117. The van der Waals surface area contributed by atoms with Gasteiger partial charge in [-0.3, -0.25) is 4.90 Å². The van der Waals surface area contributed by atoms with Crippen LogP contribution in [0.1, 0.15) is 39.2 Å². The zero-order valence-electron chi connectivity index (χ0n) is 16.3. The smallest absolute Gasteiger partial charge is 0.243 e. The maximum absolute atomic E-state index is 12.8. The first-order valence-electron chi connectivity index (χ1n) is 9.32. The maximum Gasteiger partial charge on any atom is 0.243 e. The summed E-state index contributed by atoms with van der Waals surface area (Å²) in [5.74, 6) is 0.376. The van der Waals surface area contributed by atoms with Gasteiger partial charge in [0.15, 0.2) is 0 Å². The molecule has 1 fully saturated rings. The summed E-state index contributed by atoms with van der Waals surface area (Å²) in [5.41, 5.74) is 1.13. The molecular formula is C19H32N2O4S. The molecule has 0 saturated carbocycles. The Morgan fingerprint density at radius 3 is 2.12 bits per heavy atom. The third kappa shape index (κ3) is 5.76. The van der Waals surface area contributed by atoms with E-state index >= 15 is 0 Å². The Kier molecular flexibility index (Phi) is 7.61. The molecule has 1 aromatic carbocycles. The van der Waals surface area contributed by atoms with Crippen LogP contribution in [0.4, 0.5) is 0 Å². The summed E-state index contributed by atoms with van der Waals surface area (Å²) < 4.78 is 32.6. The molecule has 0 radical (unpaired) electrons. The molecule has 1 aromatic rings. The Morgan fingerprint density at radius 2 is 1.62 bits per heavy atom. The highest BCUT2D eigenvalue weighted by atomic mass is 32.2. The zero-order chi connectivity index (χ0) is 19.3. The molecule has 1 atom stereocenters. The van der Waals surface area contributed by atoms with Crippen molar-refractivity contribution in [3.8, 4) is 0 Å². The van der Waals surface area contributed by atoms with Gasteiger partial charge in [-0.2, -0.15) is 4.31 Å². The average molecular weight is 385 g/mol. The Hall–Kier alpha value is -0.990. The number of aliphatic hydroxyl groups excluding tert-OH is 1. The molecule has 0 spiro atoms. The fourth-order valence-electron chi connectivity index (χ4n) is 2.98. The highest BCUT2D eigenvalue weighted by Gasteiger charge is 2.29. The number of β-amino-alcohol motifs (C(OH)–C–C–N with tert-alkyl or cyclic N) is 1. The molecule has 0 aromatic heterocycles. The largest absolute Gasteiger partial charge is 0.389 e. The topological polar surface area (TPSA) is 70.1 Å². The van der Waals surface area contributed by atoms with E-state index < -0.39 is 16.1 Å². The maximum atomic E-state index is 12.8. The second-order valence-electron chi connectivity index (χ2n) is 7.46. The van der Waals surface area contributed by atoms with E-state index in [0.717, 1.165) is 5.56 Å². The highest BCUT2D eigenvalue weighted by Crippen LogP contribution is 2.21. The molecule has 2 rings (SSSR count). The Balaban J connectivity index is 1.89. The summed E-state index contributed by atoms with van der Waals surface area (Å²) in [6.07, 6.45) is -0.460. The zero-order valence-corrected chi connectivity index (χ0v) is 17.1. The van der Waals surface area contributed by atoms with Crippen molar-refractivity contribution in [2.45, 2.75) is 50.7 Å². The molecule has 1 saturated heterocycles. The second kappa shape index (κ2) is 9.28. The first kappa shape index (κ1) is 21.3. The van der Waals surface area contributed by atoms with E-state index in [1.54, 1.807) is 12.1 Å². The lowest BCUT2D eigenvalue weighted by Crippen LogP contribution is -2.50. The molecule has 148 valence electrons. The summed E-state index contributed by atoms with van der Waals surface area (Å²) in [6.45, 7) is 10.9. The fourth-order valence-corrected chi connectivity index (χ4v) is 4.40. The molecule has 0 aliphatic carbocycles. The van der Waals surface area contributed by atoms with Gasteiger partial charge in [-0.05, 0) is 37.5 Å². The number of nitrogens with zero attached hydrogens (tertiary/aromatic N) is 2. The van der Waals surface area contributed by atoms with E-state index in [9.17, 15) is 13.5 Å². The summed E-state index contributed by atoms with van der Waals surface area (Å²) >= 11 is 0. The lowest BCUT2D eigenvalue weighted by atomic mass is 10.0. The molecule has 7 heteroatoms. The molecule has 1 aliphatic rings.